The monoisotopic (exact) mass is 339 g/mol. The molecule has 1 aliphatic heterocycles. The molecule has 0 aromatic carbocycles. The molecule has 2 rings (SSSR count). The van der Waals surface area contributed by atoms with Crippen molar-refractivity contribution in [2.24, 2.45) is 0 Å². The topological polar surface area (TPSA) is 31.4 Å². The Morgan fingerprint density at radius 3 is 1.91 bits per heavy atom. The first-order valence-corrected chi connectivity index (χ1v) is 11.8. The van der Waals surface area contributed by atoms with Crippen LogP contribution in [0.4, 0.5) is 0 Å². The second-order valence-corrected chi connectivity index (χ2v) is 15.5. The molecule has 1 aliphatic rings. The summed E-state index contributed by atoms with van der Waals surface area (Å²) in [5.41, 5.74) is 0.458. The number of hydrogen-bond acceptors (Lipinski definition) is 4. The summed E-state index contributed by atoms with van der Waals surface area (Å²) in [5, 5.41) is 0.282. The van der Waals surface area contributed by atoms with Crippen LogP contribution in [0.1, 0.15) is 54.2 Å². The van der Waals surface area contributed by atoms with Crippen LogP contribution < -0.4 is 9.41 Å². The molecule has 0 bridgehead atoms. The van der Waals surface area contributed by atoms with Gasteiger partial charge in [0.25, 0.3) is 0 Å². The molecule has 0 N–H and O–H groups in total. The molecule has 1 aromatic heterocycles. The maximum absolute atomic E-state index is 6.21. The maximum atomic E-state index is 6.21. The molecular formula is C16H30BNO2SSi. The van der Waals surface area contributed by atoms with E-state index in [4.69, 9.17) is 14.3 Å². The third-order valence-electron chi connectivity index (χ3n) is 5.71. The summed E-state index contributed by atoms with van der Waals surface area (Å²) in [7, 11) is -1.91. The Balaban J connectivity index is 2.37. The lowest BCUT2D eigenvalue weighted by atomic mass is 9.86. The van der Waals surface area contributed by atoms with Crippen molar-refractivity contribution >= 4 is 35.9 Å². The van der Waals surface area contributed by atoms with E-state index in [0.717, 1.165) is 10.5 Å². The van der Waals surface area contributed by atoms with E-state index in [-0.39, 0.29) is 23.4 Å². The molecule has 1 saturated heterocycles. The Morgan fingerprint density at radius 2 is 1.50 bits per heavy atom. The lowest BCUT2D eigenvalue weighted by molar-refractivity contribution is 0.00578. The zero-order valence-corrected chi connectivity index (χ0v) is 17.6. The van der Waals surface area contributed by atoms with Crippen LogP contribution in [0.3, 0.4) is 0 Å². The highest BCUT2D eigenvalue weighted by Gasteiger charge is 2.53. The average molecular weight is 339 g/mol. The van der Waals surface area contributed by atoms with Gasteiger partial charge in [0.2, 0.25) is 0 Å². The fourth-order valence-electron chi connectivity index (χ4n) is 2.17. The quantitative estimate of drug-likeness (QED) is 0.773. The van der Waals surface area contributed by atoms with Crippen LogP contribution in [0.5, 0.6) is 0 Å². The zero-order chi connectivity index (χ0) is 17.1. The highest BCUT2D eigenvalue weighted by atomic mass is 32.1. The maximum Gasteiger partial charge on any atom is 0.507 e. The van der Waals surface area contributed by atoms with Crippen molar-refractivity contribution in [2.75, 3.05) is 0 Å². The van der Waals surface area contributed by atoms with E-state index in [1.54, 1.807) is 11.3 Å². The van der Waals surface area contributed by atoms with Gasteiger partial charge in [-0.2, -0.15) is 0 Å². The van der Waals surface area contributed by atoms with Crippen molar-refractivity contribution in [3.63, 3.8) is 0 Å². The standard InChI is InChI=1S/C16H30BNO2SSi/c1-11-12(17-19-15(5,6)16(7,8)20-17)21-13(18-11)22(9,10)14(2,3)4/h1-10H3. The molecule has 0 radical (unpaired) electrons. The molecule has 124 valence electrons. The van der Waals surface area contributed by atoms with Gasteiger partial charge in [-0.1, -0.05) is 33.9 Å². The van der Waals surface area contributed by atoms with Crippen LogP contribution in [0, 0.1) is 6.92 Å². The van der Waals surface area contributed by atoms with Crippen molar-refractivity contribution in [1.29, 1.82) is 0 Å². The molecule has 0 saturated carbocycles. The number of aryl methyl sites for hydroxylation is 1. The SMILES string of the molecule is Cc1nc([Si](C)(C)C(C)(C)C)sc1B1OC(C)(C)C(C)(C)O1. The molecule has 1 fully saturated rings. The van der Waals surface area contributed by atoms with E-state index in [0.29, 0.717) is 0 Å². The predicted octanol–water partition coefficient (Wildman–Crippen LogP) is 3.47. The molecule has 0 unspecified atom stereocenters. The molecule has 0 spiro atoms. The molecule has 22 heavy (non-hydrogen) atoms. The second kappa shape index (κ2) is 5.16. The number of rotatable bonds is 2. The van der Waals surface area contributed by atoms with Crippen molar-refractivity contribution < 1.29 is 9.31 Å². The van der Waals surface area contributed by atoms with Gasteiger partial charge in [-0.3, -0.25) is 4.98 Å². The van der Waals surface area contributed by atoms with Crippen LogP contribution in [-0.2, 0) is 9.31 Å². The third-order valence-corrected chi connectivity index (χ3v) is 13.5. The summed E-state index contributed by atoms with van der Waals surface area (Å²) in [6.45, 7) is 22.2. The molecular weight excluding hydrogens is 309 g/mol. The fourth-order valence-corrected chi connectivity index (χ4v) is 6.30. The summed E-state index contributed by atoms with van der Waals surface area (Å²) >= 11 is 1.79. The lowest BCUT2D eigenvalue weighted by Gasteiger charge is -2.34. The van der Waals surface area contributed by atoms with Crippen LogP contribution in [0.25, 0.3) is 0 Å². The highest BCUT2D eigenvalue weighted by molar-refractivity contribution is 7.33. The summed E-state index contributed by atoms with van der Waals surface area (Å²) in [6.07, 6.45) is 0. The highest BCUT2D eigenvalue weighted by Crippen LogP contribution is 2.38. The van der Waals surface area contributed by atoms with Crippen molar-refractivity contribution in [3.8, 4) is 0 Å². The fraction of sp³-hybridized carbons (Fsp3) is 0.812. The Morgan fingerprint density at radius 1 is 1.05 bits per heavy atom. The van der Waals surface area contributed by atoms with Gasteiger partial charge in [0.1, 0.15) is 8.07 Å². The van der Waals surface area contributed by atoms with Crippen molar-refractivity contribution in [1.82, 2.24) is 4.98 Å². The van der Waals surface area contributed by atoms with Crippen molar-refractivity contribution in [2.45, 2.75) is 84.7 Å². The number of nitrogens with zero attached hydrogens (tertiary/aromatic N) is 1. The average Bonchev–Trinajstić information content (AvgIpc) is 2.76. The van der Waals surface area contributed by atoms with Crippen LogP contribution >= 0.6 is 11.3 Å². The molecule has 0 atom stereocenters. The van der Waals surface area contributed by atoms with Crippen LogP contribution in [0.2, 0.25) is 18.1 Å². The second-order valence-electron chi connectivity index (χ2n) is 8.93. The number of hydrogen-bond donors (Lipinski definition) is 0. The molecule has 1 aromatic rings. The summed E-state index contributed by atoms with van der Waals surface area (Å²) in [4.78, 5) is 4.91. The minimum absolute atomic E-state index is 0.282. The van der Waals surface area contributed by atoms with Crippen molar-refractivity contribution in [3.05, 3.63) is 5.69 Å². The first-order valence-electron chi connectivity index (χ1n) is 8.02. The molecule has 3 nitrogen and oxygen atoms in total. The van der Waals surface area contributed by atoms with Gasteiger partial charge in [-0.05, 0) is 39.7 Å². The van der Waals surface area contributed by atoms with Crippen LogP contribution in [-0.4, -0.2) is 31.4 Å². The zero-order valence-electron chi connectivity index (χ0n) is 15.7. The Hall–Kier alpha value is -0.168. The molecule has 0 aliphatic carbocycles. The van der Waals surface area contributed by atoms with Gasteiger partial charge in [0.15, 0.2) is 0 Å². The Kier molecular flexibility index (Phi) is 4.27. The molecule has 0 amide bonds. The van der Waals surface area contributed by atoms with Crippen LogP contribution in [0.15, 0.2) is 0 Å². The van der Waals surface area contributed by atoms with Gasteiger partial charge >= 0.3 is 7.12 Å². The largest absolute Gasteiger partial charge is 0.507 e. The van der Waals surface area contributed by atoms with E-state index >= 15 is 0 Å². The number of thiazole rings is 1. The summed E-state index contributed by atoms with van der Waals surface area (Å²) in [5.74, 6) is 0. The van der Waals surface area contributed by atoms with E-state index in [2.05, 4.69) is 68.5 Å². The van der Waals surface area contributed by atoms with E-state index < -0.39 is 8.07 Å². The van der Waals surface area contributed by atoms with Gasteiger partial charge in [-0.15, -0.1) is 11.3 Å². The van der Waals surface area contributed by atoms with Gasteiger partial charge < -0.3 is 9.31 Å². The predicted molar refractivity (Wildman–Crippen MR) is 99.4 cm³/mol. The smallest absolute Gasteiger partial charge is 0.399 e. The van der Waals surface area contributed by atoms with Gasteiger partial charge in [-0.25, -0.2) is 0 Å². The summed E-state index contributed by atoms with van der Waals surface area (Å²) < 4.78 is 14.8. The number of aromatic nitrogens is 1. The first kappa shape index (κ1) is 18.2. The molecule has 6 heteroatoms. The van der Waals surface area contributed by atoms with E-state index in [1.165, 1.54) is 4.63 Å². The Labute approximate surface area is 141 Å². The lowest BCUT2D eigenvalue weighted by Crippen LogP contribution is -2.49. The molecule has 2 heterocycles. The minimum Gasteiger partial charge on any atom is -0.399 e. The normalized spacial score (nSPS) is 21.5. The van der Waals surface area contributed by atoms with Gasteiger partial charge in [0, 0.05) is 5.69 Å². The van der Waals surface area contributed by atoms with E-state index in [1.807, 2.05) is 0 Å². The van der Waals surface area contributed by atoms with E-state index in [9.17, 15) is 0 Å². The van der Waals surface area contributed by atoms with Gasteiger partial charge in [0.05, 0.1) is 20.6 Å². The summed E-state index contributed by atoms with van der Waals surface area (Å²) in [6, 6.07) is 0. The third kappa shape index (κ3) is 2.83. The minimum atomic E-state index is -1.62. The Bertz CT molecular complexity index is 559. The first-order chi connectivity index (χ1) is 9.69.